The molecule has 1 aliphatic heterocycles. The predicted molar refractivity (Wildman–Crippen MR) is 73.3 cm³/mol. The lowest BCUT2D eigenvalue weighted by atomic mass is 10.2. The van der Waals surface area contributed by atoms with Crippen molar-refractivity contribution in [3.05, 3.63) is 29.8 Å². The number of rotatable bonds is 6. The molecule has 1 aliphatic rings. The van der Waals surface area contributed by atoms with E-state index in [0.717, 1.165) is 25.9 Å². The van der Waals surface area contributed by atoms with E-state index in [1.54, 1.807) is 24.3 Å². The molecular weight excluding hydrogens is 256 g/mol. The van der Waals surface area contributed by atoms with Gasteiger partial charge in [0.25, 0.3) is 5.91 Å². The first-order valence-electron chi connectivity index (χ1n) is 6.79. The number of ether oxygens (including phenoxy) is 2. The number of benzene rings is 1. The molecule has 1 fully saturated rings. The van der Waals surface area contributed by atoms with E-state index in [4.69, 9.17) is 14.7 Å². The van der Waals surface area contributed by atoms with Gasteiger partial charge < -0.3 is 14.8 Å². The van der Waals surface area contributed by atoms with Crippen molar-refractivity contribution in [2.75, 3.05) is 19.8 Å². The van der Waals surface area contributed by atoms with Gasteiger partial charge in [-0.3, -0.25) is 4.79 Å². The molecule has 1 unspecified atom stereocenters. The second kappa shape index (κ2) is 7.51. The lowest BCUT2D eigenvalue weighted by molar-refractivity contribution is -0.123. The molecule has 106 valence electrons. The molecule has 1 saturated heterocycles. The van der Waals surface area contributed by atoms with Crippen LogP contribution < -0.4 is 10.1 Å². The zero-order chi connectivity index (χ0) is 14.2. The molecule has 0 saturated carbocycles. The van der Waals surface area contributed by atoms with E-state index in [2.05, 4.69) is 5.32 Å². The van der Waals surface area contributed by atoms with Crippen LogP contribution in [0, 0.1) is 11.3 Å². The summed E-state index contributed by atoms with van der Waals surface area (Å²) in [7, 11) is 0. The van der Waals surface area contributed by atoms with Crippen LogP contribution in [-0.4, -0.2) is 31.8 Å². The van der Waals surface area contributed by atoms with E-state index in [1.807, 2.05) is 6.07 Å². The van der Waals surface area contributed by atoms with Crippen molar-refractivity contribution >= 4 is 5.91 Å². The van der Waals surface area contributed by atoms with Gasteiger partial charge in [0.05, 0.1) is 17.7 Å². The van der Waals surface area contributed by atoms with Crippen molar-refractivity contribution in [3.8, 4) is 11.8 Å². The van der Waals surface area contributed by atoms with Crippen molar-refractivity contribution in [1.29, 1.82) is 5.26 Å². The summed E-state index contributed by atoms with van der Waals surface area (Å²) in [6.45, 7) is 1.43. The predicted octanol–water partition coefficient (Wildman–Crippen LogP) is 1.62. The van der Waals surface area contributed by atoms with Gasteiger partial charge in [0.1, 0.15) is 5.75 Å². The van der Waals surface area contributed by atoms with Crippen LogP contribution in [0.3, 0.4) is 0 Å². The zero-order valence-corrected chi connectivity index (χ0v) is 11.3. The molecule has 0 aromatic heterocycles. The molecule has 1 heterocycles. The Morgan fingerprint density at radius 1 is 1.45 bits per heavy atom. The van der Waals surface area contributed by atoms with Crippen molar-refractivity contribution in [2.24, 2.45) is 0 Å². The van der Waals surface area contributed by atoms with Gasteiger partial charge in [-0.1, -0.05) is 0 Å². The Labute approximate surface area is 118 Å². The smallest absolute Gasteiger partial charge is 0.257 e. The molecule has 1 aromatic rings. The van der Waals surface area contributed by atoms with E-state index in [1.165, 1.54) is 0 Å². The topological polar surface area (TPSA) is 71.3 Å². The highest BCUT2D eigenvalue weighted by molar-refractivity contribution is 5.77. The zero-order valence-electron chi connectivity index (χ0n) is 11.3. The first-order chi connectivity index (χ1) is 9.78. The van der Waals surface area contributed by atoms with Crippen LogP contribution in [0.4, 0.5) is 0 Å². The second-order valence-electron chi connectivity index (χ2n) is 4.70. The van der Waals surface area contributed by atoms with Gasteiger partial charge >= 0.3 is 0 Å². The summed E-state index contributed by atoms with van der Waals surface area (Å²) in [4.78, 5) is 11.6. The Balaban J connectivity index is 1.62. The first-order valence-corrected chi connectivity index (χ1v) is 6.79. The molecule has 5 heteroatoms. The van der Waals surface area contributed by atoms with Crippen LogP contribution in [0.1, 0.15) is 24.8 Å². The molecule has 1 N–H and O–H groups in total. The number of hydrogen-bond donors (Lipinski definition) is 1. The molecule has 0 aliphatic carbocycles. The molecule has 0 spiro atoms. The van der Waals surface area contributed by atoms with Crippen LogP contribution in [-0.2, 0) is 9.53 Å². The monoisotopic (exact) mass is 274 g/mol. The van der Waals surface area contributed by atoms with E-state index in [-0.39, 0.29) is 18.6 Å². The molecule has 2 rings (SSSR count). The Kier molecular flexibility index (Phi) is 5.39. The van der Waals surface area contributed by atoms with Gasteiger partial charge in [0.2, 0.25) is 0 Å². The fourth-order valence-corrected chi connectivity index (χ4v) is 2.07. The fraction of sp³-hybridized carbons (Fsp3) is 0.467. The highest BCUT2D eigenvalue weighted by Gasteiger charge is 2.15. The standard InChI is InChI=1S/C15H18N2O3/c16-10-12-3-5-14(6-4-12)20-11-15(18)17-8-7-13-2-1-9-19-13/h3-6,13H,1-2,7-9,11H2,(H,17,18). The summed E-state index contributed by atoms with van der Waals surface area (Å²) in [5, 5.41) is 11.5. The Morgan fingerprint density at radius 2 is 2.25 bits per heavy atom. The minimum absolute atomic E-state index is 0.0164. The number of nitrogens with zero attached hydrogens (tertiary/aromatic N) is 1. The van der Waals surface area contributed by atoms with Crippen molar-refractivity contribution < 1.29 is 14.3 Å². The van der Waals surface area contributed by atoms with Gasteiger partial charge in [-0.25, -0.2) is 0 Å². The summed E-state index contributed by atoms with van der Waals surface area (Å²) < 4.78 is 10.8. The third-order valence-corrected chi connectivity index (χ3v) is 3.17. The van der Waals surface area contributed by atoms with E-state index >= 15 is 0 Å². The Bertz CT molecular complexity index is 473. The maximum atomic E-state index is 11.6. The normalized spacial score (nSPS) is 17.4. The van der Waals surface area contributed by atoms with Gasteiger partial charge in [-0.05, 0) is 43.5 Å². The fourth-order valence-electron chi connectivity index (χ4n) is 2.07. The van der Waals surface area contributed by atoms with Gasteiger partial charge in [-0.15, -0.1) is 0 Å². The lowest BCUT2D eigenvalue weighted by Gasteiger charge is -2.10. The summed E-state index contributed by atoms with van der Waals surface area (Å²) in [6.07, 6.45) is 3.33. The second-order valence-corrected chi connectivity index (χ2v) is 4.70. The minimum Gasteiger partial charge on any atom is -0.484 e. The van der Waals surface area contributed by atoms with Crippen molar-refractivity contribution in [2.45, 2.75) is 25.4 Å². The van der Waals surface area contributed by atoms with Gasteiger partial charge in [0.15, 0.2) is 6.61 Å². The highest BCUT2D eigenvalue weighted by Crippen LogP contribution is 2.14. The van der Waals surface area contributed by atoms with Crippen LogP contribution >= 0.6 is 0 Å². The summed E-state index contributed by atoms with van der Waals surface area (Å²) in [6, 6.07) is 8.70. The summed E-state index contributed by atoms with van der Waals surface area (Å²) >= 11 is 0. The van der Waals surface area contributed by atoms with Crippen LogP contribution in [0.5, 0.6) is 5.75 Å². The summed E-state index contributed by atoms with van der Waals surface area (Å²) in [5.41, 5.74) is 0.568. The highest BCUT2D eigenvalue weighted by atomic mass is 16.5. The van der Waals surface area contributed by atoms with Crippen LogP contribution in [0.25, 0.3) is 0 Å². The first kappa shape index (κ1) is 14.4. The van der Waals surface area contributed by atoms with Crippen molar-refractivity contribution in [3.63, 3.8) is 0 Å². The Morgan fingerprint density at radius 3 is 2.90 bits per heavy atom. The minimum atomic E-state index is -0.146. The summed E-state index contributed by atoms with van der Waals surface area (Å²) in [5.74, 6) is 0.436. The van der Waals surface area contributed by atoms with E-state index < -0.39 is 0 Å². The maximum Gasteiger partial charge on any atom is 0.257 e. The average Bonchev–Trinajstić information content (AvgIpc) is 2.99. The third-order valence-electron chi connectivity index (χ3n) is 3.17. The number of hydrogen-bond acceptors (Lipinski definition) is 4. The van der Waals surface area contributed by atoms with E-state index in [9.17, 15) is 4.79 Å². The molecule has 0 radical (unpaired) electrons. The average molecular weight is 274 g/mol. The van der Waals surface area contributed by atoms with Gasteiger partial charge in [0, 0.05) is 13.2 Å². The molecule has 1 aromatic carbocycles. The number of nitriles is 1. The SMILES string of the molecule is N#Cc1ccc(OCC(=O)NCCC2CCCO2)cc1. The number of amides is 1. The number of carbonyl (C=O) groups is 1. The molecule has 5 nitrogen and oxygen atoms in total. The maximum absolute atomic E-state index is 11.6. The Hall–Kier alpha value is -2.06. The molecular formula is C15H18N2O3. The van der Waals surface area contributed by atoms with Crippen molar-refractivity contribution in [1.82, 2.24) is 5.32 Å². The quantitative estimate of drug-likeness (QED) is 0.855. The van der Waals surface area contributed by atoms with E-state index in [0.29, 0.717) is 17.9 Å². The van der Waals surface area contributed by atoms with Crippen LogP contribution in [0.15, 0.2) is 24.3 Å². The van der Waals surface area contributed by atoms with Gasteiger partial charge in [-0.2, -0.15) is 5.26 Å². The molecule has 0 bridgehead atoms. The number of nitrogens with one attached hydrogen (secondary N) is 1. The molecule has 20 heavy (non-hydrogen) atoms. The van der Waals surface area contributed by atoms with Crippen LogP contribution in [0.2, 0.25) is 0 Å². The largest absolute Gasteiger partial charge is 0.484 e. The molecule has 1 atom stereocenters. The molecule has 1 amide bonds. The third kappa shape index (κ3) is 4.56. The lowest BCUT2D eigenvalue weighted by Crippen LogP contribution is -2.31. The number of carbonyl (C=O) groups excluding carboxylic acids is 1.